The quantitative estimate of drug-likeness (QED) is 0.934. The first-order valence-corrected chi connectivity index (χ1v) is 7.80. The Bertz CT molecular complexity index is 696. The maximum absolute atomic E-state index is 12.4. The standard InChI is InChI=1S/C17H18ClN3O/c1-12-14(18)5-4-6-15(12)20-17(22)16-11-13(7-8-19-16)21-9-2-3-10-21/h4-8,11H,2-3,9-10H2,1H3,(H,20,22). The summed E-state index contributed by atoms with van der Waals surface area (Å²) in [6.07, 6.45) is 4.09. The highest BCUT2D eigenvalue weighted by molar-refractivity contribution is 6.31. The molecule has 4 nitrogen and oxygen atoms in total. The monoisotopic (exact) mass is 315 g/mol. The van der Waals surface area contributed by atoms with E-state index in [-0.39, 0.29) is 5.91 Å². The smallest absolute Gasteiger partial charge is 0.274 e. The molecule has 0 saturated carbocycles. The van der Waals surface area contributed by atoms with E-state index in [0.717, 1.165) is 24.3 Å². The molecule has 0 bridgehead atoms. The van der Waals surface area contributed by atoms with Gasteiger partial charge in [-0.05, 0) is 49.6 Å². The van der Waals surface area contributed by atoms with Gasteiger partial charge in [0, 0.05) is 35.7 Å². The number of pyridine rings is 1. The summed E-state index contributed by atoms with van der Waals surface area (Å²) in [4.78, 5) is 18.9. The lowest BCUT2D eigenvalue weighted by atomic mass is 10.2. The SMILES string of the molecule is Cc1c(Cl)cccc1NC(=O)c1cc(N2CCCC2)ccn1. The van der Waals surface area contributed by atoms with Gasteiger partial charge in [0.2, 0.25) is 0 Å². The van der Waals surface area contributed by atoms with Crippen LogP contribution in [0.25, 0.3) is 0 Å². The number of nitrogens with one attached hydrogen (secondary N) is 1. The molecule has 114 valence electrons. The second-order valence-corrected chi connectivity index (χ2v) is 5.87. The van der Waals surface area contributed by atoms with Crippen molar-refractivity contribution in [3.8, 4) is 0 Å². The van der Waals surface area contributed by atoms with E-state index in [4.69, 9.17) is 11.6 Å². The highest BCUT2D eigenvalue weighted by Crippen LogP contribution is 2.24. The number of hydrogen-bond acceptors (Lipinski definition) is 3. The predicted octanol–water partition coefficient (Wildman–Crippen LogP) is 3.90. The summed E-state index contributed by atoms with van der Waals surface area (Å²) in [5.41, 5.74) is 3.04. The zero-order valence-electron chi connectivity index (χ0n) is 12.5. The van der Waals surface area contributed by atoms with Gasteiger partial charge in [-0.1, -0.05) is 17.7 Å². The third-order valence-corrected chi connectivity index (χ3v) is 4.37. The van der Waals surface area contributed by atoms with Crippen molar-refractivity contribution < 1.29 is 4.79 Å². The predicted molar refractivity (Wildman–Crippen MR) is 89.8 cm³/mol. The lowest BCUT2D eigenvalue weighted by molar-refractivity contribution is 0.102. The molecule has 0 radical (unpaired) electrons. The Labute approximate surface area is 135 Å². The van der Waals surface area contributed by atoms with Crippen LogP contribution in [-0.4, -0.2) is 24.0 Å². The van der Waals surface area contributed by atoms with Crippen LogP contribution in [-0.2, 0) is 0 Å². The van der Waals surface area contributed by atoms with E-state index in [1.807, 2.05) is 31.2 Å². The molecule has 1 N–H and O–H groups in total. The van der Waals surface area contributed by atoms with Gasteiger partial charge in [-0.25, -0.2) is 0 Å². The number of hydrogen-bond donors (Lipinski definition) is 1. The summed E-state index contributed by atoms with van der Waals surface area (Å²) < 4.78 is 0. The van der Waals surface area contributed by atoms with Crippen LogP contribution in [0.5, 0.6) is 0 Å². The summed E-state index contributed by atoms with van der Waals surface area (Å²) in [6.45, 7) is 3.96. The van der Waals surface area contributed by atoms with Crippen LogP contribution in [0.3, 0.4) is 0 Å². The molecular formula is C17H18ClN3O. The average molecular weight is 316 g/mol. The zero-order chi connectivity index (χ0) is 15.5. The number of amides is 1. The van der Waals surface area contributed by atoms with E-state index >= 15 is 0 Å². The molecule has 1 saturated heterocycles. The van der Waals surface area contributed by atoms with Crippen LogP contribution >= 0.6 is 11.6 Å². The molecule has 0 spiro atoms. The molecule has 2 heterocycles. The van der Waals surface area contributed by atoms with Crippen molar-refractivity contribution in [2.24, 2.45) is 0 Å². The summed E-state index contributed by atoms with van der Waals surface area (Å²) in [7, 11) is 0. The lowest BCUT2D eigenvalue weighted by Gasteiger charge is -2.18. The van der Waals surface area contributed by atoms with Crippen molar-refractivity contribution in [2.45, 2.75) is 19.8 Å². The number of benzene rings is 1. The van der Waals surface area contributed by atoms with Gasteiger partial charge in [-0.3, -0.25) is 9.78 Å². The molecule has 3 rings (SSSR count). The number of nitrogens with zero attached hydrogens (tertiary/aromatic N) is 2. The zero-order valence-corrected chi connectivity index (χ0v) is 13.2. The van der Waals surface area contributed by atoms with Gasteiger partial charge < -0.3 is 10.2 Å². The van der Waals surface area contributed by atoms with E-state index in [1.54, 1.807) is 12.3 Å². The van der Waals surface area contributed by atoms with Crippen LogP contribution in [0.2, 0.25) is 5.02 Å². The Kier molecular flexibility index (Phi) is 4.29. The molecular weight excluding hydrogens is 298 g/mol. The van der Waals surface area contributed by atoms with Crippen LogP contribution in [0.15, 0.2) is 36.5 Å². The fraction of sp³-hybridized carbons (Fsp3) is 0.294. The molecule has 1 aliphatic rings. The van der Waals surface area contributed by atoms with Gasteiger partial charge in [0.15, 0.2) is 0 Å². The van der Waals surface area contributed by atoms with Crippen LogP contribution < -0.4 is 10.2 Å². The maximum atomic E-state index is 12.4. The molecule has 1 fully saturated rings. The van der Waals surface area contributed by atoms with Crippen molar-refractivity contribution in [2.75, 3.05) is 23.3 Å². The molecule has 1 aromatic heterocycles. The summed E-state index contributed by atoms with van der Waals surface area (Å²) in [5, 5.41) is 3.52. The Hall–Kier alpha value is -2.07. The number of halogens is 1. The van der Waals surface area contributed by atoms with Crippen LogP contribution in [0.1, 0.15) is 28.9 Å². The third-order valence-electron chi connectivity index (χ3n) is 3.96. The molecule has 2 aromatic rings. The minimum absolute atomic E-state index is 0.216. The molecule has 0 atom stereocenters. The molecule has 1 amide bonds. The van der Waals surface area contributed by atoms with E-state index in [0.29, 0.717) is 16.4 Å². The summed E-state index contributed by atoms with van der Waals surface area (Å²) in [5.74, 6) is -0.216. The van der Waals surface area contributed by atoms with Crippen molar-refractivity contribution in [1.29, 1.82) is 0 Å². The van der Waals surface area contributed by atoms with Gasteiger partial charge in [-0.15, -0.1) is 0 Å². The molecule has 1 aromatic carbocycles. The number of carbonyl (C=O) groups excluding carboxylic acids is 1. The summed E-state index contributed by atoms with van der Waals surface area (Å²) >= 11 is 6.08. The van der Waals surface area contributed by atoms with Crippen molar-refractivity contribution in [1.82, 2.24) is 4.98 Å². The fourth-order valence-electron chi connectivity index (χ4n) is 2.64. The largest absolute Gasteiger partial charge is 0.371 e. The average Bonchev–Trinajstić information content (AvgIpc) is 3.06. The first-order chi connectivity index (χ1) is 10.6. The van der Waals surface area contributed by atoms with Crippen molar-refractivity contribution in [3.05, 3.63) is 52.8 Å². The lowest BCUT2D eigenvalue weighted by Crippen LogP contribution is -2.19. The van der Waals surface area contributed by atoms with Crippen molar-refractivity contribution in [3.63, 3.8) is 0 Å². The normalized spacial score (nSPS) is 14.2. The summed E-state index contributed by atoms with van der Waals surface area (Å²) in [6, 6.07) is 9.26. The van der Waals surface area contributed by atoms with Gasteiger partial charge >= 0.3 is 0 Å². The third kappa shape index (κ3) is 3.07. The number of aromatic nitrogens is 1. The number of rotatable bonds is 3. The number of anilines is 2. The molecule has 0 aliphatic carbocycles. The number of carbonyl (C=O) groups is 1. The van der Waals surface area contributed by atoms with Gasteiger partial charge in [0.1, 0.15) is 5.69 Å². The minimum Gasteiger partial charge on any atom is -0.371 e. The molecule has 5 heteroatoms. The molecule has 1 aliphatic heterocycles. The second kappa shape index (κ2) is 6.36. The van der Waals surface area contributed by atoms with Gasteiger partial charge in [0.25, 0.3) is 5.91 Å². The van der Waals surface area contributed by atoms with E-state index in [9.17, 15) is 4.79 Å². The highest BCUT2D eigenvalue weighted by atomic mass is 35.5. The van der Waals surface area contributed by atoms with E-state index in [1.165, 1.54) is 12.8 Å². The highest BCUT2D eigenvalue weighted by Gasteiger charge is 2.15. The first-order valence-electron chi connectivity index (χ1n) is 7.42. The van der Waals surface area contributed by atoms with Gasteiger partial charge in [0.05, 0.1) is 0 Å². The molecule has 22 heavy (non-hydrogen) atoms. The molecule has 0 unspecified atom stereocenters. The van der Waals surface area contributed by atoms with Crippen molar-refractivity contribution >= 4 is 28.9 Å². The van der Waals surface area contributed by atoms with Crippen LogP contribution in [0, 0.1) is 6.92 Å². The Morgan fingerprint density at radius 2 is 2.05 bits per heavy atom. The first kappa shape index (κ1) is 14.9. The minimum atomic E-state index is -0.216. The van der Waals surface area contributed by atoms with E-state index < -0.39 is 0 Å². The Balaban J connectivity index is 1.80. The maximum Gasteiger partial charge on any atom is 0.274 e. The second-order valence-electron chi connectivity index (χ2n) is 5.46. The fourth-order valence-corrected chi connectivity index (χ4v) is 2.82. The topological polar surface area (TPSA) is 45.2 Å². The Morgan fingerprint density at radius 3 is 2.82 bits per heavy atom. The van der Waals surface area contributed by atoms with Gasteiger partial charge in [-0.2, -0.15) is 0 Å². The Morgan fingerprint density at radius 1 is 1.27 bits per heavy atom. The van der Waals surface area contributed by atoms with Crippen LogP contribution in [0.4, 0.5) is 11.4 Å². The van der Waals surface area contributed by atoms with E-state index in [2.05, 4.69) is 15.2 Å².